The second-order valence-electron chi connectivity index (χ2n) is 4.99. The number of aromatic hydroxyl groups is 1. The number of aliphatic hydroxyl groups is 1. The van der Waals surface area contributed by atoms with Crippen LogP contribution in [0, 0.1) is 0 Å². The highest BCUT2D eigenvalue weighted by Crippen LogP contribution is 2.37. The highest BCUT2D eigenvalue weighted by atomic mass is 16.3. The number of aliphatic hydroxyl groups excluding tert-OH is 1. The first-order valence-electron chi connectivity index (χ1n) is 6.10. The lowest BCUT2D eigenvalue weighted by Gasteiger charge is -2.24. The second-order valence-corrected chi connectivity index (χ2v) is 4.99. The molecule has 0 heterocycles. The summed E-state index contributed by atoms with van der Waals surface area (Å²) < 4.78 is 0. The molecule has 1 aromatic rings. The van der Waals surface area contributed by atoms with Crippen molar-refractivity contribution < 1.29 is 10.2 Å². The van der Waals surface area contributed by atoms with E-state index >= 15 is 0 Å². The minimum Gasteiger partial charge on any atom is -0.508 e. The second kappa shape index (κ2) is 4.46. The molecule has 1 aromatic carbocycles. The van der Waals surface area contributed by atoms with E-state index in [4.69, 9.17) is 0 Å². The van der Waals surface area contributed by atoms with Gasteiger partial charge in [0.05, 0.1) is 0 Å². The molecule has 0 amide bonds. The maximum Gasteiger partial charge on any atom is 0.119 e. The Labute approximate surface area is 96.9 Å². The van der Waals surface area contributed by atoms with Crippen molar-refractivity contribution in [1.82, 2.24) is 0 Å². The van der Waals surface area contributed by atoms with Gasteiger partial charge >= 0.3 is 0 Å². The first-order chi connectivity index (χ1) is 7.63. The third-order valence-corrected chi connectivity index (χ3v) is 3.71. The zero-order valence-corrected chi connectivity index (χ0v) is 10.0. The van der Waals surface area contributed by atoms with Gasteiger partial charge in [0, 0.05) is 12.5 Å². The number of hydrogen-bond acceptors (Lipinski definition) is 2. The molecule has 2 heteroatoms. The quantitative estimate of drug-likeness (QED) is 0.804. The van der Waals surface area contributed by atoms with E-state index in [0.717, 1.165) is 12.0 Å². The summed E-state index contributed by atoms with van der Waals surface area (Å²) in [5.41, 5.74) is 3.53. The van der Waals surface area contributed by atoms with Crippen molar-refractivity contribution >= 4 is 0 Å². The van der Waals surface area contributed by atoms with Crippen LogP contribution in [0.4, 0.5) is 0 Å². The number of phenolic OH excluding ortho intramolecular Hbond substituents is 1. The van der Waals surface area contributed by atoms with Gasteiger partial charge in [-0.2, -0.15) is 0 Å². The molecule has 1 aliphatic carbocycles. The van der Waals surface area contributed by atoms with Gasteiger partial charge in [-0.25, -0.2) is 0 Å². The number of aryl methyl sites for hydroxylation is 1. The van der Waals surface area contributed by atoms with Gasteiger partial charge in [0.25, 0.3) is 0 Å². The molecule has 0 saturated carbocycles. The molecule has 1 aliphatic rings. The van der Waals surface area contributed by atoms with Crippen molar-refractivity contribution in [3.63, 3.8) is 0 Å². The number of fused-ring (bicyclic) bond motifs is 1. The van der Waals surface area contributed by atoms with E-state index in [9.17, 15) is 10.2 Å². The summed E-state index contributed by atoms with van der Waals surface area (Å²) >= 11 is 0. The fourth-order valence-corrected chi connectivity index (χ4v) is 2.59. The Morgan fingerprint density at radius 2 is 2.19 bits per heavy atom. The Morgan fingerprint density at radius 3 is 2.88 bits per heavy atom. The summed E-state index contributed by atoms with van der Waals surface area (Å²) in [6.45, 7) is 4.26. The first-order valence-corrected chi connectivity index (χ1v) is 6.10. The van der Waals surface area contributed by atoms with Gasteiger partial charge in [-0.1, -0.05) is 19.9 Å². The minimum atomic E-state index is 0.0134. The predicted molar refractivity (Wildman–Crippen MR) is 65.0 cm³/mol. The van der Waals surface area contributed by atoms with Crippen molar-refractivity contribution in [1.29, 1.82) is 0 Å². The number of phenols is 1. The van der Waals surface area contributed by atoms with Crippen molar-refractivity contribution in [3.05, 3.63) is 28.8 Å². The van der Waals surface area contributed by atoms with Crippen LogP contribution in [-0.4, -0.2) is 16.8 Å². The fourth-order valence-electron chi connectivity index (χ4n) is 2.59. The molecule has 2 rings (SSSR count). The van der Waals surface area contributed by atoms with Gasteiger partial charge in [-0.3, -0.25) is 0 Å². The van der Waals surface area contributed by atoms with Crippen molar-refractivity contribution in [2.24, 2.45) is 0 Å². The smallest absolute Gasteiger partial charge is 0.119 e. The molecule has 0 radical (unpaired) electrons. The zero-order valence-electron chi connectivity index (χ0n) is 10.0. The molecule has 0 fully saturated rings. The molecule has 16 heavy (non-hydrogen) atoms. The lowest BCUT2D eigenvalue weighted by molar-refractivity contribution is 0.270. The fraction of sp³-hybridized carbons (Fsp3) is 0.571. The molecule has 0 saturated heterocycles. The van der Waals surface area contributed by atoms with Crippen molar-refractivity contribution in [3.8, 4) is 5.75 Å². The Kier molecular flexibility index (Phi) is 3.20. The van der Waals surface area contributed by atoms with Crippen LogP contribution in [-0.2, 0) is 6.42 Å². The average Bonchev–Trinajstić information content (AvgIpc) is 2.28. The van der Waals surface area contributed by atoms with Gasteiger partial charge in [0.2, 0.25) is 0 Å². The minimum absolute atomic E-state index is 0.0134. The van der Waals surface area contributed by atoms with Crippen LogP contribution in [0.1, 0.15) is 55.2 Å². The molecular formula is C14H20O2. The molecule has 88 valence electrons. The van der Waals surface area contributed by atoms with Crippen LogP contribution in [0.2, 0.25) is 0 Å². The molecule has 0 bridgehead atoms. The largest absolute Gasteiger partial charge is 0.508 e. The molecular weight excluding hydrogens is 200 g/mol. The monoisotopic (exact) mass is 220 g/mol. The molecule has 2 N–H and O–H groups in total. The third kappa shape index (κ3) is 1.94. The van der Waals surface area contributed by atoms with Gasteiger partial charge < -0.3 is 10.2 Å². The summed E-state index contributed by atoms with van der Waals surface area (Å²) in [6.07, 6.45) is 3.51. The summed E-state index contributed by atoms with van der Waals surface area (Å²) in [7, 11) is 0. The summed E-state index contributed by atoms with van der Waals surface area (Å²) in [5.74, 6) is 0.933. The summed E-state index contributed by atoms with van der Waals surface area (Å²) in [5, 5.41) is 19.1. The van der Waals surface area contributed by atoms with Crippen LogP contribution in [0.5, 0.6) is 5.75 Å². The van der Waals surface area contributed by atoms with Crippen LogP contribution < -0.4 is 0 Å². The van der Waals surface area contributed by atoms with Crippen LogP contribution in [0.3, 0.4) is 0 Å². The lowest BCUT2D eigenvalue weighted by atomic mass is 9.81. The number of benzene rings is 1. The maximum absolute atomic E-state index is 9.94. The maximum atomic E-state index is 9.94. The molecule has 2 nitrogen and oxygen atoms in total. The van der Waals surface area contributed by atoms with Gasteiger partial charge in [-0.05, 0) is 47.9 Å². The summed E-state index contributed by atoms with van der Waals surface area (Å²) in [6, 6.07) is 3.99. The summed E-state index contributed by atoms with van der Waals surface area (Å²) in [4.78, 5) is 0. The Hall–Kier alpha value is -1.02. The molecule has 0 aliphatic heterocycles. The Morgan fingerprint density at radius 1 is 1.44 bits per heavy atom. The highest BCUT2D eigenvalue weighted by molar-refractivity contribution is 5.46. The lowest BCUT2D eigenvalue weighted by Crippen LogP contribution is -2.09. The molecule has 2 atom stereocenters. The number of rotatable bonds is 2. The first kappa shape index (κ1) is 11.5. The zero-order chi connectivity index (χ0) is 11.7. The van der Waals surface area contributed by atoms with E-state index in [-0.39, 0.29) is 12.5 Å². The van der Waals surface area contributed by atoms with Crippen molar-refractivity contribution in [2.45, 2.75) is 44.9 Å². The van der Waals surface area contributed by atoms with Crippen LogP contribution in [0.15, 0.2) is 12.1 Å². The Bertz CT molecular complexity index is 385. The van der Waals surface area contributed by atoms with E-state index in [1.165, 1.54) is 24.0 Å². The third-order valence-electron chi connectivity index (χ3n) is 3.71. The van der Waals surface area contributed by atoms with E-state index in [2.05, 4.69) is 13.0 Å². The van der Waals surface area contributed by atoms with E-state index < -0.39 is 0 Å². The standard InChI is InChI=1S/C14H20O2/c1-9-4-3-5-11-6-14(16)13(7-12(9)11)10(2)8-15/h6-7,9-10,15-16H,3-5,8H2,1-2H3/t9-,10-/m0/s1. The topological polar surface area (TPSA) is 40.5 Å². The molecule has 0 unspecified atom stereocenters. The number of hydrogen-bond donors (Lipinski definition) is 2. The van der Waals surface area contributed by atoms with Gasteiger partial charge in [-0.15, -0.1) is 0 Å². The van der Waals surface area contributed by atoms with Crippen LogP contribution in [0.25, 0.3) is 0 Å². The normalized spacial score (nSPS) is 21.6. The van der Waals surface area contributed by atoms with E-state index in [1.54, 1.807) is 0 Å². The SMILES string of the molecule is C[C@@H](CO)c1cc2c(cc1O)CCC[C@@H]2C. The predicted octanol–water partition coefficient (Wildman–Crippen LogP) is 2.93. The van der Waals surface area contributed by atoms with Crippen molar-refractivity contribution in [2.75, 3.05) is 6.61 Å². The molecule has 0 spiro atoms. The van der Waals surface area contributed by atoms with Crippen LogP contribution >= 0.6 is 0 Å². The van der Waals surface area contributed by atoms with Gasteiger partial charge in [0.15, 0.2) is 0 Å². The van der Waals surface area contributed by atoms with E-state index in [1.807, 2.05) is 13.0 Å². The molecule has 0 aromatic heterocycles. The Balaban J connectivity index is 2.45. The average molecular weight is 220 g/mol. The van der Waals surface area contributed by atoms with E-state index in [0.29, 0.717) is 11.7 Å². The van der Waals surface area contributed by atoms with Gasteiger partial charge in [0.1, 0.15) is 5.75 Å². The highest BCUT2D eigenvalue weighted by Gasteiger charge is 2.20.